The van der Waals surface area contributed by atoms with E-state index in [0.717, 1.165) is 51.2 Å². The number of allylic oxidation sites excluding steroid dienone is 4. The summed E-state index contributed by atoms with van der Waals surface area (Å²) in [4.78, 5) is 14.7. The lowest BCUT2D eigenvalue weighted by Gasteiger charge is -2.27. The fourth-order valence-electron chi connectivity index (χ4n) is 6.43. The quantitative estimate of drug-likeness (QED) is 0.190. The lowest BCUT2D eigenvalue weighted by molar-refractivity contribution is 0.600. The molecule has 5 aromatic carbocycles. The Balaban J connectivity index is 1.23. The number of aromatic nitrogens is 3. The summed E-state index contributed by atoms with van der Waals surface area (Å²) in [5.74, 6) is 0.698. The van der Waals surface area contributed by atoms with Gasteiger partial charge in [0.25, 0.3) is 0 Å². The number of pyridine rings is 1. The summed E-state index contributed by atoms with van der Waals surface area (Å²) in [6.07, 6.45) is 13.5. The van der Waals surface area contributed by atoms with Gasteiger partial charge in [0.15, 0.2) is 5.82 Å². The average Bonchev–Trinajstić information content (AvgIpc) is 3.15. The maximum absolute atomic E-state index is 5.18. The van der Waals surface area contributed by atoms with Crippen molar-refractivity contribution in [3.63, 3.8) is 0 Å². The summed E-state index contributed by atoms with van der Waals surface area (Å²) in [5, 5.41) is 2.46. The van der Waals surface area contributed by atoms with Crippen molar-refractivity contribution in [3.8, 4) is 56.2 Å². The highest BCUT2D eigenvalue weighted by Gasteiger charge is 2.23. The number of rotatable bonds is 6. The minimum atomic E-state index is -0.00872. The van der Waals surface area contributed by atoms with E-state index in [2.05, 4.69) is 164 Å². The SMILES string of the molecule is CC1(c2ccc(-c3cc(-c4cccc(-c5cccnc5)c4)nc(-c4cccc(-c5ccc6ccccc6c5)c4)n3)cc2)C=CC=CC1. The number of benzene rings is 5. The van der Waals surface area contributed by atoms with Gasteiger partial charge in [-0.25, -0.2) is 9.97 Å². The minimum Gasteiger partial charge on any atom is -0.264 e. The van der Waals surface area contributed by atoms with E-state index in [0.29, 0.717) is 5.82 Å². The molecule has 0 saturated heterocycles. The smallest absolute Gasteiger partial charge is 0.160 e. The van der Waals surface area contributed by atoms with E-state index in [-0.39, 0.29) is 5.41 Å². The second-order valence-corrected chi connectivity index (χ2v) is 12.4. The van der Waals surface area contributed by atoms with Gasteiger partial charge in [-0.2, -0.15) is 0 Å². The predicted molar refractivity (Wildman–Crippen MR) is 195 cm³/mol. The summed E-state index contributed by atoms with van der Waals surface area (Å²) in [7, 11) is 0. The van der Waals surface area contributed by atoms with E-state index >= 15 is 0 Å². The van der Waals surface area contributed by atoms with E-state index in [9.17, 15) is 0 Å². The fourth-order valence-corrected chi connectivity index (χ4v) is 6.43. The lowest BCUT2D eigenvalue weighted by atomic mass is 9.77. The molecule has 1 aliphatic rings. The molecule has 0 N–H and O–H groups in total. The zero-order valence-corrected chi connectivity index (χ0v) is 26.2. The third kappa shape index (κ3) is 5.80. The van der Waals surface area contributed by atoms with Gasteiger partial charge in [-0.05, 0) is 69.8 Å². The third-order valence-corrected chi connectivity index (χ3v) is 9.18. The number of fused-ring (bicyclic) bond motifs is 1. The van der Waals surface area contributed by atoms with Crippen LogP contribution in [0.4, 0.5) is 0 Å². The van der Waals surface area contributed by atoms with E-state index in [1.165, 1.54) is 21.9 Å². The van der Waals surface area contributed by atoms with Gasteiger partial charge in [-0.1, -0.05) is 134 Å². The maximum Gasteiger partial charge on any atom is 0.160 e. The van der Waals surface area contributed by atoms with Crippen LogP contribution in [0, 0.1) is 0 Å². The van der Waals surface area contributed by atoms with E-state index in [4.69, 9.17) is 9.97 Å². The van der Waals surface area contributed by atoms with Crippen LogP contribution in [-0.2, 0) is 5.41 Å². The van der Waals surface area contributed by atoms with Gasteiger partial charge in [-0.3, -0.25) is 4.98 Å². The lowest BCUT2D eigenvalue weighted by Crippen LogP contribution is -2.19. The molecular formula is C44H33N3. The summed E-state index contributed by atoms with van der Waals surface area (Å²) < 4.78 is 0. The largest absolute Gasteiger partial charge is 0.264 e. The molecule has 47 heavy (non-hydrogen) atoms. The Bertz CT molecular complexity index is 2280. The van der Waals surface area contributed by atoms with Gasteiger partial charge >= 0.3 is 0 Å². The first-order valence-electron chi connectivity index (χ1n) is 16.1. The van der Waals surface area contributed by atoms with Crippen LogP contribution in [0.25, 0.3) is 66.9 Å². The van der Waals surface area contributed by atoms with Crippen molar-refractivity contribution in [3.05, 3.63) is 176 Å². The Morgan fingerprint density at radius 2 is 1.17 bits per heavy atom. The molecule has 0 bridgehead atoms. The molecule has 3 heteroatoms. The zero-order chi connectivity index (χ0) is 31.6. The summed E-state index contributed by atoms with van der Waals surface area (Å²) in [6.45, 7) is 2.29. The van der Waals surface area contributed by atoms with Gasteiger partial charge in [0.1, 0.15) is 0 Å². The van der Waals surface area contributed by atoms with Gasteiger partial charge in [-0.15, -0.1) is 0 Å². The van der Waals surface area contributed by atoms with Crippen molar-refractivity contribution in [2.45, 2.75) is 18.8 Å². The Labute approximate surface area is 275 Å². The van der Waals surface area contributed by atoms with Crippen molar-refractivity contribution in [1.29, 1.82) is 0 Å². The van der Waals surface area contributed by atoms with Crippen LogP contribution in [0.3, 0.4) is 0 Å². The Hall–Kier alpha value is -5.93. The second-order valence-electron chi connectivity index (χ2n) is 12.4. The van der Waals surface area contributed by atoms with E-state index in [1.807, 2.05) is 12.3 Å². The van der Waals surface area contributed by atoms with Crippen molar-refractivity contribution in [1.82, 2.24) is 15.0 Å². The minimum absolute atomic E-state index is 0.00872. The molecule has 0 fully saturated rings. The molecule has 0 spiro atoms. The molecule has 3 nitrogen and oxygen atoms in total. The van der Waals surface area contributed by atoms with Crippen LogP contribution in [0.15, 0.2) is 170 Å². The standard InChI is InChI=1S/C44H33N3/c1-44(23-5-2-6-24-44)40-21-19-32(20-22-40)41-29-42(37-14-7-13-35(27-37)39-16-9-25-45-30-39)47-43(46-41)38-15-8-12-34(28-38)36-18-17-31-10-3-4-11-33(31)26-36/h2-23,25-30H,24H2,1H3. The van der Waals surface area contributed by atoms with Gasteiger partial charge in [0, 0.05) is 40.1 Å². The van der Waals surface area contributed by atoms with Gasteiger partial charge < -0.3 is 0 Å². The van der Waals surface area contributed by atoms with Gasteiger partial charge in [0.2, 0.25) is 0 Å². The molecule has 0 saturated carbocycles. The highest BCUT2D eigenvalue weighted by molar-refractivity contribution is 5.88. The van der Waals surface area contributed by atoms with Crippen LogP contribution in [0.2, 0.25) is 0 Å². The molecule has 2 aromatic heterocycles. The molecule has 8 rings (SSSR count). The molecule has 2 heterocycles. The average molecular weight is 604 g/mol. The second kappa shape index (κ2) is 12.1. The highest BCUT2D eigenvalue weighted by Crippen LogP contribution is 2.35. The molecule has 0 amide bonds. The third-order valence-electron chi connectivity index (χ3n) is 9.18. The van der Waals surface area contributed by atoms with Crippen LogP contribution >= 0.6 is 0 Å². The van der Waals surface area contributed by atoms with Crippen molar-refractivity contribution >= 4 is 10.8 Å². The number of hydrogen-bond donors (Lipinski definition) is 0. The molecular weight excluding hydrogens is 571 g/mol. The molecule has 7 aromatic rings. The summed E-state index contributed by atoms with van der Waals surface area (Å²) in [6, 6.07) is 47.2. The molecule has 1 aliphatic carbocycles. The van der Waals surface area contributed by atoms with Crippen LogP contribution in [-0.4, -0.2) is 15.0 Å². The first-order chi connectivity index (χ1) is 23.1. The van der Waals surface area contributed by atoms with Crippen LogP contribution in [0.5, 0.6) is 0 Å². The topological polar surface area (TPSA) is 38.7 Å². The zero-order valence-electron chi connectivity index (χ0n) is 26.2. The predicted octanol–water partition coefficient (Wildman–Crippen LogP) is 11.1. The van der Waals surface area contributed by atoms with Crippen LogP contribution in [0.1, 0.15) is 18.9 Å². The van der Waals surface area contributed by atoms with Crippen molar-refractivity contribution in [2.24, 2.45) is 0 Å². The maximum atomic E-state index is 5.18. The first kappa shape index (κ1) is 28.5. The molecule has 224 valence electrons. The van der Waals surface area contributed by atoms with Crippen molar-refractivity contribution < 1.29 is 0 Å². The number of hydrogen-bond acceptors (Lipinski definition) is 3. The Morgan fingerprint density at radius 3 is 1.94 bits per heavy atom. The Kier molecular flexibility index (Phi) is 7.35. The van der Waals surface area contributed by atoms with Gasteiger partial charge in [0.05, 0.1) is 11.4 Å². The summed E-state index contributed by atoms with van der Waals surface area (Å²) >= 11 is 0. The normalized spacial score (nSPS) is 15.6. The highest BCUT2D eigenvalue weighted by atomic mass is 14.9. The molecule has 0 aliphatic heterocycles. The first-order valence-corrected chi connectivity index (χ1v) is 16.1. The van der Waals surface area contributed by atoms with E-state index in [1.54, 1.807) is 6.20 Å². The number of nitrogens with zero attached hydrogens (tertiary/aromatic N) is 3. The summed E-state index contributed by atoms with van der Waals surface area (Å²) in [5.41, 5.74) is 10.6. The molecule has 0 radical (unpaired) electrons. The van der Waals surface area contributed by atoms with Crippen molar-refractivity contribution in [2.75, 3.05) is 0 Å². The molecule has 1 unspecified atom stereocenters. The fraction of sp³-hybridized carbons (Fsp3) is 0.0682. The van der Waals surface area contributed by atoms with Crippen LogP contribution < -0.4 is 0 Å². The monoisotopic (exact) mass is 603 g/mol. The van der Waals surface area contributed by atoms with E-state index < -0.39 is 0 Å². The molecule has 1 atom stereocenters. The Morgan fingerprint density at radius 1 is 0.511 bits per heavy atom.